The Labute approximate surface area is 348 Å². The minimum Gasteiger partial charge on any atom is -0.497 e. The first-order valence-corrected chi connectivity index (χ1v) is 21.0. The van der Waals surface area contributed by atoms with Gasteiger partial charge in [-0.1, -0.05) is 24.3 Å². The van der Waals surface area contributed by atoms with Crippen molar-refractivity contribution in [2.75, 3.05) is 40.4 Å². The lowest BCUT2D eigenvalue weighted by atomic mass is 9.73. The molecule has 0 saturated carbocycles. The lowest BCUT2D eigenvalue weighted by Crippen LogP contribution is -2.64. The molecular weight excluding hydrogens is 763 g/mol. The maximum absolute atomic E-state index is 17.4. The van der Waals surface area contributed by atoms with Crippen molar-refractivity contribution in [1.82, 2.24) is 20.2 Å². The molecule has 308 valence electrons. The van der Waals surface area contributed by atoms with Crippen LogP contribution in [0.4, 0.5) is 8.96 Å². The van der Waals surface area contributed by atoms with Crippen molar-refractivity contribution in [2.24, 2.45) is 23.7 Å². The molecule has 4 bridgehead atoms. The third-order valence-corrected chi connectivity index (χ3v) is 14.2. The summed E-state index contributed by atoms with van der Waals surface area (Å²) >= 11 is 0. The van der Waals surface area contributed by atoms with Gasteiger partial charge in [0.15, 0.2) is 24.3 Å². The van der Waals surface area contributed by atoms with Gasteiger partial charge >= 0.3 is 0 Å². The fraction of sp³-hybridized carbons (Fsp3) is 0.375. The molecule has 6 aliphatic rings. The Bertz CT molecular complexity index is 2450. The number of nitrogens with zero attached hydrogens (tertiary/aromatic N) is 6. The molecule has 12 heteroatoms. The molecule has 8 unspecified atom stereocenters. The van der Waals surface area contributed by atoms with Crippen LogP contribution >= 0.6 is 0 Å². The first-order chi connectivity index (χ1) is 29.2. The van der Waals surface area contributed by atoms with E-state index in [0.717, 1.165) is 45.8 Å². The summed E-state index contributed by atoms with van der Waals surface area (Å²) in [7, 11) is 3.25. The van der Waals surface area contributed by atoms with Crippen LogP contribution in [0, 0.1) is 23.7 Å². The Morgan fingerprint density at radius 2 is 1.08 bits per heavy atom. The molecule has 9 heterocycles. The molecule has 0 amide bonds. The molecule has 10 atom stereocenters. The number of benzene rings is 3. The number of hydrogen-bond donors (Lipinski definition) is 0. The van der Waals surface area contributed by atoms with Crippen molar-refractivity contribution in [3.8, 4) is 23.3 Å². The van der Waals surface area contributed by atoms with Crippen LogP contribution in [-0.2, 0) is 0 Å². The third kappa shape index (κ3) is 6.42. The van der Waals surface area contributed by atoms with Crippen LogP contribution in [0.15, 0.2) is 111 Å². The first-order valence-electron chi connectivity index (χ1n) is 21.0. The van der Waals surface area contributed by atoms with Crippen LogP contribution < -0.4 is 18.9 Å². The number of methoxy groups -OCH3 is 2. The zero-order valence-corrected chi connectivity index (χ0v) is 34.0. The average Bonchev–Trinajstić information content (AvgIpc) is 3.29. The average molecular weight is 813 g/mol. The Kier molecular flexibility index (Phi) is 9.67. The molecule has 6 aromatic rings. The predicted molar refractivity (Wildman–Crippen MR) is 225 cm³/mol. The minimum atomic E-state index is -0.754. The maximum atomic E-state index is 17.4. The molecule has 6 aliphatic heterocycles. The van der Waals surface area contributed by atoms with Crippen LogP contribution in [0.5, 0.6) is 23.3 Å². The van der Waals surface area contributed by atoms with E-state index in [9.17, 15) is 0 Å². The standard InChI is InChI=1S/C48H50F2N6O4/c1-5-29-27-55(49)21-17-31(29)23-43(55)45(35-15-19-51-41-13-11-33(57-3)25-39(35)41)59-47-37-9-7-8-10-38(37)48(54-53-47)60-46(44-24-32-18-22-56(44,50)28-30(32)6-2)36-16-20-52-42-14-12-34(58-4)26-40(36)42/h5-16,19-20,25-26,29-32,43-46H,1-2,17-18,21-24,27-28H2,3-4H3/q+2/t29?,30?,31?,32?,43?,44?,45-,46-,55?,56?/m1/s1. The van der Waals surface area contributed by atoms with Crippen molar-refractivity contribution in [3.05, 3.63) is 122 Å². The van der Waals surface area contributed by atoms with Crippen molar-refractivity contribution < 1.29 is 37.3 Å². The molecule has 0 spiro atoms. The zero-order valence-electron chi connectivity index (χ0n) is 34.0. The minimum absolute atomic E-state index is 0.0858. The summed E-state index contributed by atoms with van der Waals surface area (Å²) in [6.07, 6.45) is 8.60. The van der Waals surface area contributed by atoms with E-state index in [1.54, 1.807) is 26.6 Å². The predicted octanol–water partition coefficient (Wildman–Crippen LogP) is 9.57. The Morgan fingerprint density at radius 3 is 1.48 bits per heavy atom. The van der Waals surface area contributed by atoms with Gasteiger partial charge in [-0.3, -0.25) is 9.97 Å². The summed E-state index contributed by atoms with van der Waals surface area (Å²) in [5.41, 5.74) is 3.09. The van der Waals surface area contributed by atoms with Gasteiger partial charge in [0.2, 0.25) is 11.8 Å². The number of ether oxygens (including phenoxy) is 4. The van der Waals surface area contributed by atoms with E-state index in [0.29, 0.717) is 61.3 Å². The van der Waals surface area contributed by atoms with Crippen LogP contribution in [0.1, 0.15) is 49.0 Å². The molecule has 6 fully saturated rings. The summed E-state index contributed by atoms with van der Waals surface area (Å²) in [6, 6.07) is 21.9. The van der Waals surface area contributed by atoms with E-state index < -0.39 is 33.7 Å². The van der Waals surface area contributed by atoms with Gasteiger partial charge in [-0.05, 0) is 81.5 Å². The van der Waals surface area contributed by atoms with Crippen molar-refractivity contribution >= 4 is 32.6 Å². The van der Waals surface area contributed by atoms with E-state index in [1.165, 1.54) is 0 Å². The quantitative estimate of drug-likeness (QED) is 0.0893. The fourth-order valence-corrected chi connectivity index (χ4v) is 11.0. The topological polar surface area (TPSA) is 88.5 Å². The second-order valence-corrected chi connectivity index (χ2v) is 17.2. The molecule has 0 aliphatic carbocycles. The highest BCUT2D eigenvalue weighted by Crippen LogP contribution is 2.51. The highest BCUT2D eigenvalue weighted by Gasteiger charge is 2.59. The lowest BCUT2D eigenvalue weighted by molar-refractivity contribution is -1.09. The SMILES string of the molecule is C=CC1C[N+]2(F)CCC1CC2[C@H](Oc1nnc(O[C@H](c2ccnc3ccc(OC)cc23)C2CC3CC[N+]2(F)CC3C=C)c2ccccc12)c1ccnc2ccc(OC)cc12. The normalized spacial score (nSPS) is 29.3. The van der Waals surface area contributed by atoms with Crippen molar-refractivity contribution in [3.63, 3.8) is 0 Å². The van der Waals surface area contributed by atoms with Crippen LogP contribution in [0.2, 0.25) is 0 Å². The van der Waals surface area contributed by atoms with Crippen molar-refractivity contribution in [2.45, 2.75) is 50.0 Å². The smallest absolute Gasteiger partial charge is 0.242 e. The first kappa shape index (κ1) is 38.5. The summed E-state index contributed by atoms with van der Waals surface area (Å²) < 4.78 is 59.0. The van der Waals surface area contributed by atoms with Gasteiger partial charge in [-0.25, -0.2) is 0 Å². The third-order valence-electron chi connectivity index (χ3n) is 14.2. The van der Waals surface area contributed by atoms with E-state index in [4.69, 9.17) is 29.1 Å². The summed E-state index contributed by atoms with van der Waals surface area (Å²) in [6.45, 7) is 9.57. The maximum Gasteiger partial charge on any atom is 0.242 e. The van der Waals surface area contributed by atoms with Gasteiger partial charge in [-0.2, -0.15) is 0 Å². The van der Waals surface area contributed by atoms with Crippen LogP contribution in [0.25, 0.3) is 32.6 Å². The Balaban J connectivity index is 1.09. The molecule has 12 rings (SSSR count). The molecule has 3 aromatic carbocycles. The highest BCUT2D eigenvalue weighted by molar-refractivity contribution is 5.91. The van der Waals surface area contributed by atoms with Crippen molar-refractivity contribution in [1.29, 1.82) is 0 Å². The highest BCUT2D eigenvalue weighted by atomic mass is 19.2. The molecule has 60 heavy (non-hydrogen) atoms. The second kappa shape index (κ2) is 15.1. The number of pyridine rings is 2. The number of fused-ring (bicyclic) bond motifs is 9. The number of hydrogen-bond acceptors (Lipinski definition) is 8. The Hall–Kier alpha value is -5.72. The van der Waals surface area contributed by atoms with Gasteiger partial charge in [0.05, 0.1) is 36.0 Å². The van der Waals surface area contributed by atoms with Gasteiger partial charge in [0.1, 0.15) is 37.7 Å². The Morgan fingerprint density at radius 1 is 0.633 bits per heavy atom. The van der Waals surface area contributed by atoms with E-state index in [2.05, 4.69) is 23.1 Å². The molecule has 0 radical (unpaired) electrons. The number of aromatic nitrogens is 4. The monoisotopic (exact) mass is 812 g/mol. The van der Waals surface area contributed by atoms with Crippen LogP contribution in [-0.4, -0.2) is 82.1 Å². The molecule has 10 nitrogen and oxygen atoms in total. The van der Waals surface area contributed by atoms with Gasteiger partial charge in [0.25, 0.3) is 0 Å². The number of rotatable bonds is 12. The van der Waals surface area contributed by atoms with Gasteiger partial charge in [-0.15, -0.1) is 32.8 Å². The molecule has 3 aromatic heterocycles. The van der Waals surface area contributed by atoms with E-state index in [-0.39, 0.29) is 35.4 Å². The van der Waals surface area contributed by atoms with Crippen LogP contribution in [0.3, 0.4) is 0 Å². The fourth-order valence-electron chi connectivity index (χ4n) is 11.0. The largest absolute Gasteiger partial charge is 0.497 e. The van der Waals surface area contributed by atoms with E-state index >= 15 is 8.96 Å². The summed E-state index contributed by atoms with van der Waals surface area (Å²) in [5, 5.41) is 12.4. The van der Waals surface area contributed by atoms with Gasteiger partial charge in [0, 0.05) is 71.8 Å². The molecular formula is C48H50F2N6O4+2. The van der Waals surface area contributed by atoms with Gasteiger partial charge < -0.3 is 18.9 Å². The number of halogens is 2. The second-order valence-electron chi connectivity index (χ2n) is 17.2. The number of quaternary nitrogens is 2. The number of piperidine rings is 6. The summed E-state index contributed by atoms with van der Waals surface area (Å²) in [5.74, 6) is 2.58. The lowest BCUT2D eigenvalue weighted by Gasteiger charge is -2.51. The molecule has 0 N–H and O–H groups in total. The summed E-state index contributed by atoms with van der Waals surface area (Å²) in [4.78, 5) is 9.28. The zero-order chi connectivity index (χ0) is 41.2. The van der Waals surface area contributed by atoms with E-state index in [1.807, 2.05) is 84.9 Å². The molecule has 6 saturated heterocycles.